The molecule has 2 aromatic rings. The SMILES string of the molecule is CCC(=O)CCc1cc(OS(=O)(=O)C(F)(F)F)ccc1-c1cccc(O)c1. The first-order valence-electron chi connectivity index (χ1n) is 7.98. The molecule has 0 fully saturated rings. The van der Waals surface area contributed by atoms with Gasteiger partial charge < -0.3 is 9.29 Å². The zero-order valence-corrected chi connectivity index (χ0v) is 15.1. The Kier molecular flexibility index (Phi) is 6.15. The fourth-order valence-electron chi connectivity index (χ4n) is 2.41. The summed E-state index contributed by atoms with van der Waals surface area (Å²) in [5.74, 6) is -0.565. The van der Waals surface area contributed by atoms with Crippen LogP contribution in [0.15, 0.2) is 42.5 Å². The van der Waals surface area contributed by atoms with Gasteiger partial charge in [-0.05, 0) is 47.4 Å². The molecule has 0 bridgehead atoms. The maximum absolute atomic E-state index is 12.5. The number of halogens is 3. The predicted molar refractivity (Wildman–Crippen MR) is 92.8 cm³/mol. The number of hydrogen-bond acceptors (Lipinski definition) is 5. The van der Waals surface area contributed by atoms with Gasteiger partial charge in [0, 0.05) is 12.8 Å². The molecule has 0 aliphatic rings. The number of ketones is 1. The Bertz CT molecular complexity index is 936. The van der Waals surface area contributed by atoms with E-state index < -0.39 is 21.4 Å². The Labute approximate surface area is 154 Å². The normalized spacial score (nSPS) is 12.0. The second kappa shape index (κ2) is 7.99. The first kappa shape index (κ1) is 20.8. The average molecular weight is 402 g/mol. The summed E-state index contributed by atoms with van der Waals surface area (Å²) in [6, 6.07) is 9.81. The van der Waals surface area contributed by atoms with Crippen molar-refractivity contribution in [1.82, 2.24) is 0 Å². The van der Waals surface area contributed by atoms with Crippen molar-refractivity contribution in [3.63, 3.8) is 0 Å². The molecule has 2 rings (SSSR count). The second-order valence-corrected chi connectivity index (χ2v) is 7.28. The average Bonchev–Trinajstić information content (AvgIpc) is 2.58. The van der Waals surface area contributed by atoms with Crippen molar-refractivity contribution in [3.05, 3.63) is 48.0 Å². The number of benzene rings is 2. The molecule has 2 aromatic carbocycles. The van der Waals surface area contributed by atoms with Crippen LogP contribution in [0.1, 0.15) is 25.3 Å². The van der Waals surface area contributed by atoms with Crippen LogP contribution in [0, 0.1) is 0 Å². The molecule has 0 atom stereocenters. The van der Waals surface area contributed by atoms with E-state index in [0.717, 1.165) is 12.1 Å². The summed E-state index contributed by atoms with van der Waals surface area (Å²) in [6.45, 7) is 1.69. The van der Waals surface area contributed by atoms with Crippen LogP contribution in [0.4, 0.5) is 13.2 Å². The topological polar surface area (TPSA) is 80.7 Å². The van der Waals surface area contributed by atoms with Gasteiger partial charge in [-0.15, -0.1) is 0 Å². The molecule has 1 N–H and O–H groups in total. The fraction of sp³-hybridized carbons (Fsp3) is 0.278. The summed E-state index contributed by atoms with van der Waals surface area (Å²) >= 11 is 0. The number of carbonyl (C=O) groups excluding carboxylic acids is 1. The summed E-state index contributed by atoms with van der Waals surface area (Å²) in [6.07, 6.45) is 0.624. The van der Waals surface area contributed by atoms with Crippen LogP contribution in [-0.4, -0.2) is 24.8 Å². The number of hydrogen-bond donors (Lipinski definition) is 1. The van der Waals surface area contributed by atoms with Crippen LogP contribution in [0.25, 0.3) is 11.1 Å². The first-order chi connectivity index (χ1) is 12.5. The largest absolute Gasteiger partial charge is 0.534 e. The van der Waals surface area contributed by atoms with Crippen LogP contribution in [0.3, 0.4) is 0 Å². The number of carbonyl (C=O) groups is 1. The maximum Gasteiger partial charge on any atom is 0.534 e. The van der Waals surface area contributed by atoms with Gasteiger partial charge in [0.05, 0.1) is 0 Å². The summed E-state index contributed by atoms with van der Waals surface area (Å²) in [5, 5.41) is 9.64. The zero-order valence-electron chi connectivity index (χ0n) is 14.3. The van der Waals surface area contributed by atoms with Gasteiger partial charge in [-0.1, -0.05) is 25.1 Å². The Hall–Kier alpha value is -2.55. The van der Waals surface area contributed by atoms with Gasteiger partial charge >= 0.3 is 15.6 Å². The molecule has 0 aliphatic carbocycles. The quantitative estimate of drug-likeness (QED) is 0.555. The minimum atomic E-state index is -5.79. The van der Waals surface area contributed by atoms with Crippen molar-refractivity contribution in [3.8, 4) is 22.6 Å². The van der Waals surface area contributed by atoms with E-state index >= 15 is 0 Å². The molecule has 27 heavy (non-hydrogen) atoms. The third kappa shape index (κ3) is 5.22. The summed E-state index contributed by atoms with van der Waals surface area (Å²) < 4.78 is 64.2. The lowest BCUT2D eigenvalue weighted by Gasteiger charge is -2.14. The van der Waals surface area contributed by atoms with E-state index in [1.807, 2.05) is 0 Å². The molecule has 0 unspecified atom stereocenters. The van der Waals surface area contributed by atoms with Gasteiger partial charge in [0.1, 0.15) is 17.3 Å². The number of phenolic OH excluding ortho intramolecular Hbond substituents is 1. The molecule has 0 saturated carbocycles. The van der Waals surface area contributed by atoms with Crippen LogP contribution < -0.4 is 4.18 Å². The molecule has 0 radical (unpaired) electrons. The third-order valence-corrected chi connectivity index (χ3v) is 4.77. The van der Waals surface area contributed by atoms with Gasteiger partial charge in [-0.2, -0.15) is 21.6 Å². The summed E-state index contributed by atoms with van der Waals surface area (Å²) in [7, 11) is -5.79. The summed E-state index contributed by atoms with van der Waals surface area (Å²) in [5.41, 5.74) is -4.00. The van der Waals surface area contributed by atoms with E-state index in [1.165, 1.54) is 18.2 Å². The second-order valence-electron chi connectivity index (χ2n) is 5.74. The Morgan fingerprint density at radius 3 is 2.44 bits per heavy atom. The fourth-order valence-corrected chi connectivity index (χ4v) is 2.86. The van der Waals surface area contributed by atoms with E-state index in [9.17, 15) is 31.5 Å². The molecular formula is C18H17F3O5S. The predicted octanol–water partition coefficient (Wildman–Crippen LogP) is 4.20. The van der Waals surface area contributed by atoms with Crippen LogP contribution >= 0.6 is 0 Å². The van der Waals surface area contributed by atoms with Crippen molar-refractivity contribution in [2.75, 3.05) is 0 Å². The lowest BCUT2D eigenvalue weighted by atomic mass is 9.95. The number of aryl methyl sites for hydroxylation is 1. The van der Waals surface area contributed by atoms with Gasteiger partial charge in [0.2, 0.25) is 0 Å². The smallest absolute Gasteiger partial charge is 0.508 e. The Balaban J connectivity index is 2.44. The highest BCUT2D eigenvalue weighted by atomic mass is 32.2. The first-order valence-corrected chi connectivity index (χ1v) is 9.39. The van der Waals surface area contributed by atoms with Gasteiger partial charge in [-0.3, -0.25) is 4.79 Å². The molecule has 0 aliphatic heterocycles. The minimum absolute atomic E-state index is 0.0111. The highest BCUT2D eigenvalue weighted by Gasteiger charge is 2.48. The standard InChI is InChI=1S/C18H17F3O5S/c1-2-14(22)7-6-13-11-16(26-27(24,25)18(19,20)21)8-9-17(13)12-4-3-5-15(23)10-12/h3-5,8-11,23H,2,6-7H2,1H3. The van der Waals surface area contributed by atoms with E-state index in [-0.39, 0.29) is 24.4 Å². The highest BCUT2D eigenvalue weighted by Crippen LogP contribution is 2.33. The van der Waals surface area contributed by atoms with E-state index in [1.54, 1.807) is 19.1 Å². The Morgan fingerprint density at radius 2 is 1.85 bits per heavy atom. The van der Waals surface area contributed by atoms with Crippen LogP contribution in [-0.2, 0) is 21.3 Å². The van der Waals surface area contributed by atoms with Crippen LogP contribution in [0.5, 0.6) is 11.5 Å². The van der Waals surface area contributed by atoms with E-state index in [4.69, 9.17) is 0 Å². The molecule has 146 valence electrons. The van der Waals surface area contributed by atoms with Crippen molar-refractivity contribution in [2.24, 2.45) is 0 Å². The number of aromatic hydroxyl groups is 1. The molecule has 0 aromatic heterocycles. The monoisotopic (exact) mass is 402 g/mol. The third-order valence-electron chi connectivity index (χ3n) is 3.79. The molecule has 0 amide bonds. The van der Waals surface area contributed by atoms with Crippen molar-refractivity contribution in [1.29, 1.82) is 0 Å². The van der Waals surface area contributed by atoms with Crippen LogP contribution in [0.2, 0.25) is 0 Å². The van der Waals surface area contributed by atoms with Crippen molar-refractivity contribution < 1.29 is 35.7 Å². The molecule has 5 nitrogen and oxygen atoms in total. The maximum atomic E-state index is 12.5. The molecule has 9 heteroatoms. The van der Waals surface area contributed by atoms with Gasteiger partial charge in [-0.25, -0.2) is 0 Å². The highest BCUT2D eigenvalue weighted by molar-refractivity contribution is 7.88. The Morgan fingerprint density at radius 1 is 1.15 bits per heavy atom. The van der Waals surface area contributed by atoms with Gasteiger partial charge in [0.15, 0.2) is 0 Å². The molecule has 0 spiro atoms. The van der Waals surface area contributed by atoms with Crippen molar-refractivity contribution >= 4 is 15.9 Å². The summed E-state index contributed by atoms with van der Waals surface area (Å²) in [4.78, 5) is 11.6. The lowest BCUT2D eigenvalue weighted by Crippen LogP contribution is -2.28. The lowest BCUT2D eigenvalue weighted by molar-refractivity contribution is -0.118. The van der Waals surface area contributed by atoms with E-state index in [0.29, 0.717) is 23.1 Å². The molecule has 0 saturated heterocycles. The molecular weight excluding hydrogens is 385 g/mol. The zero-order chi connectivity index (χ0) is 20.2. The number of phenols is 1. The van der Waals surface area contributed by atoms with Gasteiger partial charge in [0.25, 0.3) is 0 Å². The number of rotatable bonds is 7. The van der Waals surface area contributed by atoms with Crippen molar-refractivity contribution in [2.45, 2.75) is 31.7 Å². The number of alkyl halides is 3. The minimum Gasteiger partial charge on any atom is -0.508 e. The van der Waals surface area contributed by atoms with E-state index in [2.05, 4.69) is 4.18 Å². The number of Topliss-reactive ketones (excluding diaryl/α,β-unsaturated/α-hetero) is 1. The molecule has 0 heterocycles.